The maximum atomic E-state index is 6.64. The van der Waals surface area contributed by atoms with Crippen molar-refractivity contribution in [1.82, 2.24) is 0 Å². The van der Waals surface area contributed by atoms with E-state index < -0.39 is 0 Å². The highest BCUT2D eigenvalue weighted by Gasteiger charge is 2.34. The molecule has 0 bridgehead atoms. The molecule has 2 saturated carbocycles. The van der Waals surface area contributed by atoms with Crippen molar-refractivity contribution in [3.8, 4) is 5.75 Å². The molecule has 2 N–H and O–H groups in total. The van der Waals surface area contributed by atoms with E-state index in [1.165, 1.54) is 49.7 Å². The lowest BCUT2D eigenvalue weighted by Gasteiger charge is -2.27. The zero-order valence-electron chi connectivity index (χ0n) is 12.0. The van der Waals surface area contributed by atoms with Crippen molar-refractivity contribution in [1.29, 1.82) is 0 Å². The lowest BCUT2D eigenvalue weighted by Crippen LogP contribution is -2.33. The van der Waals surface area contributed by atoms with Crippen LogP contribution >= 0.6 is 0 Å². The molecular formula is C17H25NO. The van der Waals surface area contributed by atoms with E-state index in [2.05, 4.69) is 18.2 Å². The van der Waals surface area contributed by atoms with Crippen LogP contribution in [-0.4, -0.2) is 7.11 Å². The topological polar surface area (TPSA) is 35.2 Å². The summed E-state index contributed by atoms with van der Waals surface area (Å²) in [5.74, 6) is 1.72. The second-order valence-corrected chi connectivity index (χ2v) is 6.30. The summed E-state index contributed by atoms with van der Waals surface area (Å²) in [5, 5.41) is 0. The molecule has 2 aliphatic carbocycles. The smallest absolute Gasteiger partial charge is 0.123 e. The van der Waals surface area contributed by atoms with E-state index in [0.29, 0.717) is 0 Å². The average Bonchev–Trinajstić information content (AvgIpc) is 3.10. The Bertz CT molecular complexity index is 443. The van der Waals surface area contributed by atoms with Gasteiger partial charge in [-0.1, -0.05) is 31.7 Å². The number of benzene rings is 1. The molecule has 1 aromatic rings. The molecule has 2 fully saturated rings. The van der Waals surface area contributed by atoms with Crippen molar-refractivity contribution in [2.24, 2.45) is 5.73 Å². The molecule has 0 atom stereocenters. The molecule has 19 heavy (non-hydrogen) atoms. The van der Waals surface area contributed by atoms with Crippen LogP contribution in [-0.2, 0) is 5.54 Å². The van der Waals surface area contributed by atoms with E-state index in [9.17, 15) is 0 Å². The average molecular weight is 259 g/mol. The molecule has 104 valence electrons. The van der Waals surface area contributed by atoms with Crippen LogP contribution in [0.15, 0.2) is 18.2 Å². The van der Waals surface area contributed by atoms with E-state index in [0.717, 1.165) is 24.5 Å². The van der Waals surface area contributed by atoms with Gasteiger partial charge in [0.15, 0.2) is 0 Å². The van der Waals surface area contributed by atoms with Gasteiger partial charge in [-0.25, -0.2) is 0 Å². The van der Waals surface area contributed by atoms with E-state index in [4.69, 9.17) is 10.5 Å². The molecule has 0 aromatic heterocycles. The first-order chi connectivity index (χ1) is 9.23. The van der Waals surface area contributed by atoms with Gasteiger partial charge in [0.1, 0.15) is 5.75 Å². The molecule has 2 nitrogen and oxygen atoms in total. The van der Waals surface area contributed by atoms with Crippen molar-refractivity contribution < 1.29 is 4.74 Å². The third-order valence-corrected chi connectivity index (χ3v) is 5.08. The summed E-state index contributed by atoms with van der Waals surface area (Å²) in [7, 11) is 1.76. The summed E-state index contributed by atoms with van der Waals surface area (Å²) in [5.41, 5.74) is 9.22. The largest absolute Gasteiger partial charge is 0.496 e. The molecule has 0 radical (unpaired) electrons. The van der Waals surface area contributed by atoms with Gasteiger partial charge in [-0.05, 0) is 49.3 Å². The first-order valence-electron chi connectivity index (χ1n) is 7.70. The Balaban J connectivity index is 1.97. The first kappa shape index (κ1) is 13.0. The van der Waals surface area contributed by atoms with Crippen LogP contribution in [0.4, 0.5) is 0 Å². The molecule has 2 aliphatic rings. The molecule has 0 amide bonds. The highest BCUT2D eigenvalue weighted by molar-refractivity contribution is 5.43. The molecule has 2 heteroatoms. The van der Waals surface area contributed by atoms with E-state index in [1.54, 1.807) is 7.11 Å². The Labute approximate surface area is 116 Å². The molecule has 0 spiro atoms. The van der Waals surface area contributed by atoms with Crippen LogP contribution in [0.2, 0.25) is 0 Å². The number of methoxy groups -OCH3 is 1. The number of hydrogen-bond donors (Lipinski definition) is 1. The molecule has 0 unspecified atom stereocenters. The molecule has 1 aromatic carbocycles. The monoisotopic (exact) mass is 259 g/mol. The third-order valence-electron chi connectivity index (χ3n) is 5.08. The standard InChI is InChI=1S/C17H25NO/c1-19-16-9-8-14(13-6-2-3-7-13)12-15(16)17(18)10-4-5-11-17/h8-9,12-13H,2-7,10-11,18H2,1H3. The predicted octanol–water partition coefficient (Wildman–Crippen LogP) is 4.08. The second-order valence-electron chi connectivity index (χ2n) is 6.30. The quantitative estimate of drug-likeness (QED) is 0.887. The van der Waals surface area contributed by atoms with Gasteiger partial charge in [-0.3, -0.25) is 0 Å². The van der Waals surface area contributed by atoms with Crippen LogP contribution in [0, 0.1) is 0 Å². The summed E-state index contributed by atoms with van der Waals surface area (Å²) >= 11 is 0. The molecule has 3 rings (SSSR count). The Morgan fingerprint density at radius 2 is 1.79 bits per heavy atom. The number of hydrogen-bond acceptors (Lipinski definition) is 2. The van der Waals surface area contributed by atoms with Crippen molar-refractivity contribution in [2.45, 2.75) is 62.8 Å². The van der Waals surface area contributed by atoms with Crippen LogP contribution in [0.1, 0.15) is 68.4 Å². The molecule has 0 aliphatic heterocycles. The normalized spacial score (nSPS) is 22.8. The van der Waals surface area contributed by atoms with Gasteiger partial charge in [-0.15, -0.1) is 0 Å². The summed E-state index contributed by atoms with van der Waals surface area (Å²) in [6.45, 7) is 0. The Morgan fingerprint density at radius 1 is 1.11 bits per heavy atom. The fourth-order valence-electron chi connectivity index (χ4n) is 3.90. The van der Waals surface area contributed by atoms with Crippen LogP contribution in [0.3, 0.4) is 0 Å². The fourth-order valence-corrected chi connectivity index (χ4v) is 3.90. The van der Waals surface area contributed by atoms with Crippen molar-refractivity contribution in [3.63, 3.8) is 0 Å². The molecule has 0 saturated heterocycles. The maximum Gasteiger partial charge on any atom is 0.123 e. The first-order valence-corrected chi connectivity index (χ1v) is 7.70. The Hall–Kier alpha value is -1.02. The Morgan fingerprint density at radius 3 is 2.42 bits per heavy atom. The Kier molecular flexibility index (Phi) is 3.53. The van der Waals surface area contributed by atoms with Crippen LogP contribution in [0.5, 0.6) is 5.75 Å². The zero-order valence-corrected chi connectivity index (χ0v) is 12.0. The SMILES string of the molecule is COc1ccc(C2CCCC2)cc1C1(N)CCCC1. The van der Waals surface area contributed by atoms with Gasteiger partial charge < -0.3 is 10.5 Å². The second kappa shape index (κ2) is 5.16. The van der Waals surface area contributed by atoms with Gasteiger partial charge in [0, 0.05) is 11.1 Å². The zero-order chi connectivity index (χ0) is 13.3. The highest BCUT2D eigenvalue weighted by Crippen LogP contribution is 2.43. The van der Waals surface area contributed by atoms with E-state index >= 15 is 0 Å². The lowest BCUT2D eigenvalue weighted by molar-refractivity contribution is 0.378. The van der Waals surface area contributed by atoms with Gasteiger partial charge in [-0.2, -0.15) is 0 Å². The van der Waals surface area contributed by atoms with Crippen molar-refractivity contribution >= 4 is 0 Å². The van der Waals surface area contributed by atoms with Gasteiger partial charge in [0.05, 0.1) is 7.11 Å². The minimum absolute atomic E-state index is 0.153. The number of rotatable bonds is 3. The van der Waals surface area contributed by atoms with E-state index in [1.807, 2.05) is 0 Å². The minimum Gasteiger partial charge on any atom is -0.496 e. The molecule has 0 heterocycles. The predicted molar refractivity (Wildman–Crippen MR) is 78.5 cm³/mol. The summed E-state index contributed by atoms with van der Waals surface area (Å²) < 4.78 is 5.56. The summed E-state index contributed by atoms with van der Waals surface area (Å²) in [6, 6.07) is 6.73. The van der Waals surface area contributed by atoms with Gasteiger partial charge >= 0.3 is 0 Å². The van der Waals surface area contributed by atoms with Crippen molar-refractivity contribution in [3.05, 3.63) is 29.3 Å². The highest BCUT2D eigenvalue weighted by atomic mass is 16.5. The minimum atomic E-state index is -0.153. The van der Waals surface area contributed by atoms with E-state index in [-0.39, 0.29) is 5.54 Å². The molecular weight excluding hydrogens is 234 g/mol. The maximum absolute atomic E-state index is 6.64. The van der Waals surface area contributed by atoms with Crippen LogP contribution < -0.4 is 10.5 Å². The lowest BCUT2D eigenvalue weighted by atomic mass is 9.85. The number of ether oxygens (including phenoxy) is 1. The third kappa shape index (κ3) is 2.38. The summed E-state index contributed by atoms with van der Waals surface area (Å²) in [4.78, 5) is 0. The van der Waals surface area contributed by atoms with Crippen LogP contribution in [0.25, 0.3) is 0 Å². The van der Waals surface area contributed by atoms with Gasteiger partial charge in [0.25, 0.3) is 0 Å². The number of nitrogens with two attached hydrogens (primary N) is 1. The van der Waals surface area contributed by atoms with Gasteiger partial charge in [0.2, 0.25) is 0 Å². The fraction of sp³-hybridized carbons (Fsp3) is 0.647. The van der Waals surface area contributed by atoms with Crippen molar-refractivity contribution in [2.75, 3.05) is 7.11 Å². The summed E-state index contributed by atoms with van der Waals surface area (Å²) in [6.07, 6.45) is 10.1.